The molecule has 6 nitrogen and oxygen atoms in total. The Balaban J connectivity index is 1.52. The molecular weight excluding hydrogens is 340 g/mol. The van der Waals surface area contributed by atoms with E-state index < -0.39 is 0 Å². The molecule has 1 heterocycles. The number of carbonyl (C=O) groups is 2. The lowest BCUT2D eigenvalue weighted by molar-refractivity contribution is 0.102. The first kappa shape index (κ1) is 18.1. The molecule has 3 amide bonds. The number of pyridine rings is 1. The van der Waals surface area contributed by atoms with Gasteiger partial charge in [0.25, 0.3) is 5.91 Å². The number of urea groups is 1. The Morgan fingerprint density at radius 3 is 2.07 bits per heavy atom. The molecular formula is C21H20N4O2. The molecule has 1 aromatic heterocycles. The van der Waals surface area contributed by atoms with Gasteiger partial charge in [-0.15, -0.1) is 0 Å². The summed E-state index contributed by atoms with van der Waals surface area (Å²) >= 11 is 0. The standard InChI is InChI=1S/C21H20N4O2/c1-15-2-6-18(7-3-15)24-20(26)17-4-8-19(9-5-17)25-21(27)23-14-16-10-12-22-13-11-16/h2-13H,14H2,1H3,(H,24,26)(H2,23,25,27). The average molecular weight is 360 g/mol. The lowest BCUT2D eigenvalue weighted by Gasteiger charge is -2.09. The van der Waals surface area contributed by atoms with Gasteiger partial charge in [0, 0.05) is 35.9 Å². The molecule has 3 aromatic rings. The molecule has 0 saturated carbocycles. The summed E-state index contributed by atoms with van der Waals surface area (Å²) in [5.74, 6) is -0.201. The number of carbonyl (C=O) groups excluding carboxylic acids is 2. The summed E-state index contributed by atoms with van der Waals surface area (Å²) < 4.78 is 0. The van der Waals surface area contributed by atoms with Gasteiger partial charge in [0.05, 0.1) is 0 Å². The molecule has 0 radical (unpaired) electrons. The highest BCUT2D eigenvalue weighted by Gasteiger charge is 2.07. The number of nitrogens with zero attached hydrogens (tertiary/aromatic N) is 1. The Kier molecular flexibility index (Phi) is 5.79. The molecule has 3 rings (SSSR count). The topological polar surface area (TPSA) is 83.1 Å². The van der Waals surface area contributed by atoms with Crippen molar-refractivity contribution >= 4 is 23.3 Å². The highest BCUT2D eigenvalue weighted by Crippen LogP contribution is 2.13. The fraction of sp³-hybridized carbons (Fsp3) is 0.0952. The van der Waals surface area contributed by atoms with Crippen molar-refractivity contribution in [3.05, 3.63) is 89.7 Å². The van der Waals surface area contributed by atoms with Crippen molar-refractivity contribution in [2.45, 2.75) is 13.5 Å². The van der Waals surface area contributed by atoms with Gasteiger partial charge in [0.2, 0.25) is 0 Å². The molecule has 6 heteroatoms. The number of aromatic nitrogens is 1. The Bertz CT molecular complexity index is 907. The van der Waals surface area contributed by atoms with Gasteiger partial charge in [-0.25, -0.2) is 4.79 Å². The van der Waals surface area contributed by atoms with Crippen LogP contribution in [0.5, 0.6) is 0 Å². The predicted octanol–water partition coefficient (Wildman–Crippen LogP) is 3.96. The minimum atomic E-state index is -0.316. The minimum Gasteiger partial charge on any atom is -0.334 e. The van der Waals surface area contributed by atoms with E-state index in [0.717, 1.165) is 16.8 Å². The number of benzene rings is 2. The zero-order valence-corrected chi connectivity index (χ0v) is 14.9. The molecule has 0 saturated heterocycles. The molecule has 0 aliphatic carbocycles. The maximum absolute atomic E-state index is 12.3. The molecule has 0 bridgehead atoms. The Morgan fingerprint density at radius 2 is 1.41 bits per heavy atom. The number of rotatable bonds is 5. The number of nitrogens with one attached hydrogen (secondary N) is 3. The van der Waals surface area contributed by atoms with Gasteiger partial charge in [-0.1, -0.05) is 17.7 Å². The van der Waals surface area contributed by atoms with Gasteiger partial charge >= 0.3 is 6.03 Å². The monoisotopic (exact) mass is 360 g/mol. The van der Waals surface area contributed by atoms with Crippen LogP contribution in [0.3, 0.4) is 0 Å². The third-order valence-electron chi connectivity index (χ3n) is 3.92. The molecule has 0 atom stereocenters. The van der Waals surface area contributed by atoms with Crippen LogP contribution in [0.4, 0.5) is 16.2 Å². The van der Waals surface area contributed by atoms with Gasteiger partial charge in [-0.2, -0.15) is 0 Å². The first-order valence-electron chi connectivity index (χ1n) is 8.52. The summed E-state index contributed by atoms with van der Waals surface area (Å²) in [4.78, 5) is 28.2. The van der Waals surface area contributed by atoms with Crippen LogP contribution in [0.15, 0.2) is 73.1 Å². The normalized spacial score (nSPS) is 10.1. The second-order valence-corrected chi connectivity index (χ2v) is 6.06. The molecule has 0 fully saturated rings. The zero-order valence-electron chi connectivity index (χ0n) is 14.9. The van der Waals surface area contributed by atoms with E-state index >= 15 is 0 Å². The van der Waals surface area contributed by atoms with E-state index in [0.29, 0.717) is 17.8 Å². The number of hydrogen-bond donors (Lipinski definition) is 3. The third-order valence-corrected chi connectivity index (χ3v) is 3.92. The number of aryl methyl sites for hydroxylation is 1. The first-order valence-corrected chi connectivity index (χ1v) is 8.52. The summed E-state index contributed by atoms with van der Waals surface area (Å²) in [7, 11) is 0. The summed E-state index contributed by atoms with van der Waals surface area (Å²) in [6.45, 7) is 2.40. The quantitative estimate of drug-likeness (QED) is 0.644. The van der Waals surface area contributed by atoms with Crippen molar-refractivity contribution in [1.29, 1.82) is 0 Å². The van der Waals surface area contributed by atoms with E-state index in [2.05, 4.69) is 20.9 Å². The largest absolute Gasteiger partial charge is 0.334 e. The molecule has 136 valence electrons. The van der Waals surface area contributed by atoms with Crippen LogP contribution in [-0.4, -0.2) is 16.9 Å². The summed E-state index contributed by atoms with van der Waals surface area (Å²) in [5.41, 5.74) is 3.95. The van der Waals surface area contributed by atoms with Crippen LogP contribution in [0.2, 0.25) is 0 Å². The maximum atomic E-state index is 12.3. The molecule has 0 spiro atoms. The molecule has 27 heavy (non-hydrogen) atoms. The smallest absolute Gasteiger partial charge is 0.319 e. The van der Waals surface area contributed by atoms with Gasteiger partial charge in [-0.3, -0.25) is 9.78 Å². The number of hydrogen-bond acceptors (Lipinski definition) is 3. The van der Waals surface area contributed by atoms with E-state index in [1.807, 2.05) is 43.3 Å². The van der Waals surface area contributed by atoms with Gasteiger partial charge in [-0.05, 0) is 61.0 Å². The van der Waals surface area contributed by atoms with Crippen molar-refractivity contribution in [3.8, 4) is 0 Å². The van der Waals surface area contributed by atoms with E-state index in [1.54, 1.807) is 36.7 Å². The fourth-order valence-electron chi connectivity index (χ4n) is 2.40. The van der Waals surface area contributed by atoms with Gasteiger partial charge < -0.3 is 16.0 Å². The Morgan fingerprint density at radius 1 is 0.815 bits per heavy atom. The Labute approximate surface area is 157 Å². The van der Waals surface area contributed by atoms with Crippen LogP contribution in [0.25, 0.3) is 0 Å². The van der Waals surface area contributed by atoms with Crippen molar-refractivity contribution in [2.75, 3.05) is 10.6 Å². The predicted molar refractivity (Wildman–Crippen MR) is 106 cm³/mol. The number of amides is 3. The van der Waals surface area contributed by atoms with E-state index in [-0.39, 0.29) is 11.9 Å². The van der Waals surface area contributed by atoms with Crippen molar-refractivity contribution in [3.63, 3.8) is 0 Å². The van der Waals surface area contributed by atoms with E-state index in [4.69, 9.17) is 0 Å². The highest BCUT2D eigenvalue weighted by molar-refractivity contribution is 6.04. The highest BCUT2D eigenvalue weighted by atomic mass is 16.2. The van der Waals surface area contributed by atoms with Gasteiger partial charge in [0.1, 0.15) is 0 Å². The van der Waals surface area contributed by atoms with Gasteiger partial charge in [0.15, 0.2) is 0 Å². The lowest BCUT2D eigenvalue weighted by Crippen LogP contribution is -2.28. The minimum absolute atomic E-state index is 0.201. The van der Waals surface area contributed by atoms with Crippen LogP contribution in [-0.2, 0) is 6.54 Å². The SMILES string of the molecule is Cc1ccc(NC(=O)c2ccc(NC(=O)NCc3ccncc3)cc2)cc1. The van der Waals surface area contributed by atoms with Crippen LogP contribution >= 0.6 is 0 Å². The van der Waals surface area contributed by atoms with E-state index in [9.17, 15) is 9.59 Å². The summed E-state index contributed by atoms with van der Waals surface area (Å²) in [6.07, 6.45) is 3.35. The van der Waals surface area contributed by atoms with Crippen molar-refractivity contribution in [2.24, 2.45) is 0 Å². The molecule has 2 aromatic carbocycles. The van der Waals surface area contributed by atoms with Crippen LogP contribution < -0.4 is 16.0 Å². The van der Waals surface area contributed by atoms with Crippen molar-refractivity contribution < 1.29 is 9.59 Å². The molecule has 0 unspecified atom stereocenters. The zero-order chi connectivity index (χ0) is 19.1. The first-order chi connectivity index (χ1) is 13.1. The molecule has 0 aliphatic heterocycles. The second kappa shape index (κ2) is 8.62. The van der Waals surface area contributed by atoms with Crippen LogP contribution in [0, 0.1) is 6.92 Å². The Hall–Kier alpha value is -3.67. The molecule has 3 N–H and O–H groups in total. The second-order valence-electron chi connectivity index (χ2n) is 6.06. The van der Waals surface area contributed by atoms with E-state index in [1.165, 1.54) is 0 Å². The average Bonchev–Trinajstić information content (AvgIpc) is 2.69. The summed E-state index contributed by atoms with van der Waals surface area (Å²) in [6, 6.07) is 17.7. The molecule has 0 aliphatic rings. The fourth-order valence-corrected chi connectivity index (χ4v) is 2.40. The summed E-state index contributed by atoms with van der Waals surface area (Å²) in [5, 5.41) is 8.34. The number of anilines is 2. The van der Waals surface area contributed by atoms with Crippen LogP contribution in [0.1, 0.15) is 21.5 Å². The lowest BCUT2D eigenvalue weighted by atomic mass is 10.1. The maximum Gasteiger partial charge on any atom is 0.319 e. The van der Waals surface area contributed by atoms with Crippen molar-refractivity contribution in [1.82, 2.24) is 10.3 Å². The third kappa shape index (κ3) is 5.40.